The molecule has 2 atom stereocenters. The number of halogens is 1. The smallest absolute Gasteiger partial charge is 0.411 e. The van der Waals surface area contributed by atoms with E-state index in [1.165, 1.54) is 4.90 Å². The van der Waals surface area contributed by atoms with Crippen LogP contribution >= 0.6 is 15.9 Å². The van der Waals surface area contributed by atoms with Crippen LogP contribution in [0.2, 0.25) is 0 Å². The van der Waals surface area contributed by atoms with Crippen molar-refractivity contribution in [3.05, 3.63) is 22.8 Å². The molecule has 1 fully saturated rings. The highest BCUT2D eigenvalue weighted by molar-refractivity contribution is 9.10. The summed E-state index contributed by atoms with van der Waals surface area (Å²) >= 11 is 3.23. The van der Waals surface area contributed by atoms with E-state index in [0.29, 0.717) is 10.4 Å². The Labute approximate surface area is 143 Å². The number of rotatable bonds is 2. The summed E-state index contributed by atoms with van der Waals surface area (Å²) in [5, 5.41) is 12.5. The number of carbonyl (C=O) groups excluding carboxylic acids is 2. The fourth-order valence-corrected chi connectivity index (χ4v) is 2.62. The molecule has 8 heteroatoms. The third-order valence-electron chi connectivity index (χ3n) is 3.18. The van der Waals surface area contributed by atoms with Crippen LogP contribution in [0.1, 0.15) is 27.2 Å². The summed E-state index contributed by atoms with van der Waals surface area (Å²) in [6, 6.07) is 4.33. The average Bonchev–Trinajstić information content (AvgIpc) is 2.79. The number of hydrogen-bond donors (Lipinski definition) is 2. The van der Waals surface area contributed by atoms with E-state index < -0.39 is 29.7 Å². The molecule has 1 saturated heterocycles. The van der Waals surface area contributed by atoms with Gasteiger partial charge in [-0.2, -0.15) is 0 Å². The van der Waals surface area contributed by atoms with Gasteiger partial charge >= 0.3 is 6.09 Å². The van der Waals surface area contributed by atoms with Crippen LogP contribution in [0.15, 0.2) is 22.8 Å². The first-order valence-electron chi connectivity index (χ1n) is 7.27. The van der Waals surface area contributed by atoms with Crippen LogP contribution in [0.3, 0.4) is 0 Å². The Kier molecular flexibility index (Phi) is 5.26. The molecule has 0 spiro atoms. The van der Waals surface area contributed by atoms with Gasteiger partial charge in [-0.15, -0.1) is 0 Å². The minimum atomic E-state index is -0.791. The monoisotopic (exact) mass is 385 g/mol. The fourth-order valence-electron chi connectivity index (χ4n) is 2.27. The Morgan fingerprint density at radius 2 is 2.13 bits per heavy atom. The molecule has 2 rings (SSSR count). The van der Waals surface area contributed by atoms with Gasteiger partial charge in [0.2, 0.25) is 5.91 Å². The number of aromatic nitrogens is 1. The maximum absolute atomic E-state index is 12.4. The molecule has 1 aromatic heterocycles. The molecule has 2 N–H and O–H groups in total. The van der Waals surface area contributed by atoms with Crippen LogP contribution in [0.25, 0.3) is 0 Å². The molecule has 0 bridgehead atoms. The number of likely N-dealkylation sites (tertiary alicyclic amines) is 1. The largest absolute Gasteiger partial charge is 0.444 e. The number of hydrogen-bond acceptors (Lipinski definition) is 5. The predicted octanol–water partition coefficient (Wildman–Crippen LogP) is 2.15. The quantitative estimate of drug-likeness (QED) is 0.760. The molecule has 126 valence electrons. The van der Waals surface area contributed by atoms with E-state index >= 15 is 0 Å². The number of nitrogens with zero attached hydrogens (tertiary/aromatic N) is 2. The standard InChI is InChI=1S/C15H20BrN3O4/c1-15(2,3)23-14(22)19-8-9(20)7-10(19)13(21)18-12-6-4-5-11(16)17-12/h4-6,9-10,20H,7-8H2,1-3H3,(H,17,18,21)/t9-,10-/m0/s1. The van der Waals surface area contributed by atoms with Gasteiger partial charge in [0, 0.05) is 6.42 Å². The number of amides is 2. The van der Waals surface area contributed by atoms with Crippen molar-refractivity contribution in [1.82, 2.24) is 9.88 Å². The average molecular weight is 386 g/mol. The predicted molar refractivity (Wildman–Crippen MR) is 87.9 cm³/mol. The number of carbonyl (C=O) groups is 2. The van der Waals surface area contributed by atoms with Crippen molar-refractivity contribution in [3.8, 4) is 0 Å². The van der Waals surface area contributed by atoms with E-state index in [1.54, 1.807) is 39.0 Å². The van der Waals surface area contributed by atoms with Gasteiger partial charge in [-0.1, -0.05) is 6.07 Å². The number of pyridine rings is 1. The molecule has 0 unspecified atom stereocenters. The van der Waals surface area contributed by atoms with Crippen LogP contribution in [0, 0.1) is 0 Å². The summed E-state index contributed by atoms with van der Waals surface area (Å²) in [4.78, 5) is 30.0. The number of nitrogens with one attached hydrogen (secondary N) is 1. The number of aliphatic hydroxyl groups is 1. The molecular formula is C15H20BrN3O4. The first-order chi connectivity index (χ1) is 10.7. The Bertz CT molecular complexity index is 603. The highest BCUT2D eigenvalue weighted by Crippen LogP contribution is 2.22. The fraction of sp³-hybridized carbons (Fsp3) is 0.533. The van der Waals surface area contributed by atoms with Crippen molar-refractivity contribution in [3.63, 3.8) is 0 Å². The van der Waals surface area contributed by atoms with Gasteiger partial charge in [-0.25, -0.2) is 9.78 Å². The molecule has 23 heavy (non-hydrogen) atoms. The SMILES string of the molecule is CC(C)(C)OC(=O)N1C[C@@H](O)C[C@H]1C(=O)Nc1cccc(Br)n1. The summed E-state index contributed by atoms with van der Waals surface area (Å²) in [5.41, 5.74) is -0.669. The first kappa shape index (κ1) is 17.7. The van der Waals surface area contributed by atoms with E-state index in [2.05, 4.69) is 26.2 Å². The van der Waals surface area contributed by atoms with Gasteiger partial charge in [0.25, 0.3) is 0 Å². The van der Waals surface area contributed by atoms with E-state index in [0.717, 1.165) is 0 Å². The molecule has 2 amide bonds. The van der Waals surface area contributed by atoms with Crippen molar-refractivity contribution in [2.24, 2.45) is 0 Å². The third-order valence-corrected chi connectivity index (χ3v) is 3.62. The zero-order valence-electron chi connectivity index (χ0n) is 13.2. The van der Waals surface area contributed by atoms with Gasteiger partial charge in [0.15, 0.2) is 0 Å². The first-order valence-corrected chi connectivity index (χ1v) is 8.06. The number of anilines is 1. The lowest BCUT2D eigenvalue weighted by Gasteiger charge is -2.27. The van der Waals surface area contributed by atoms with Crippen LogP contribution in [0.5, 0.6) is 0 Å². The molecule has 1 aliphatic rings. The highest BCUT2D eigenvalue weighted by Gasteiger charge is 2.41. The Morgan fingerprint density at radius 1 is 1.43 bits per heavy atom. The molecule has 0 aromatic carbocycles. The van der Waals surface area contributed by atoms with E-state index in [4.69, 9.17) is 4.74 Å². The minimum Gasteiger partial charge on any atom is -0.444 e. The molecule has 2 heterocycles. The Hall–Kier alpha value is -1.67. The van der Waals surface area contributed by atoms with Crippen LogP contribution in [-0.2, 0) is 9.53 Å². The molecule has 1 aliphatic heterocycles. The van der Waals surface area contributed by atoms with Crippen molar-refractivity contribution in [2.45, 2.75) is 44.9 Å². The molecule has 0 radical (unpaired) electrons. The maximum atomic E-state index is 12.4. The number of ether oxygens (including phenoxy) is 1. The second-order valence-electron chi connectivity index (χ2n) is 6.37. The van der Waals surface area contributed by atoms with Crippen LogP contribution in [0.4, 0.5) is 10.6 Å². The van der Waals surface area contributed by atoms with Crippen molar-refractivity contribution >= 4 is 33.7 Å². The lowest BCUT2D eigenvalue weighted by molar-refractivity contribution is -0.120. The van der Waals surface area contributed by atoms with Crippen LogP contribution in [-0.4, -0.2) is 51.3 Å². The van der Waals surface area contributed by atoms with Gasteiger partial charge in [-0.05, 0) is 48.8 Å². The number of β-amino-alcohol motifs (C(OH)–C–C–N with tert-alkyl or cyclic N) is 1. The lowest BCUT2D eigenvalue weighted by Crippen LogP contribution is -2.45. The summed E-state index contributed by atoms with van der Waals surface area (Å²) in [5.74, 6) is -0.0343. The summed E-state index contributed by atoms with van der Waals surface area (Å²) in [7, 11) is 0. The molecular weight excluding hydrogens is 366 g/mol. The molecule has 1 aromatic rings. The van der Waals surface area contributed by atoms with E-state index in [1.807, 2.05) is 0 Å². The lowest BCUT2D eigenvalue weighted by atomic mass is 10.2. The van der Waals surface area contributed by atoms with Crippen molar-refractivity contribution < 1.29 is 19.4 Å². The zero-order chi connectivity index (χ0) is 17.2. The van der Waals surface area contributed by atoms with Crippen LogP contribution < -0.4 is 5.32 Å². The van der Waals surface area contributed by atoms with Crippen molar-refractivity contribution in [2.75, 3.05) is 11.9 Å². The van der Waals surface area contributed by atoms with Crippen molar-refractivity contribution in [1.29, 1.82) is 0 Å². The summed E-state index contributed by atoms with van der Waals surface area (Å²) in [6.07, 6.45) is -1.20. The molecule has 7 nitrogen and oxygen atoms in total. The minimum absolute atomic E-state index is 0.0684. The van der Waals surface area contributed by atoms with E-state index in [-0.39, 0.29) is 13.0 Å². The summed E-state index contributed by atoms with van der Waals surface area (Å²) in [6.45, 7) is 5.31. The molecule has 0 saturated carbocycles. The van der Waals surface area contributed by atoms with Gasteiger partial charge in [0.1, 0.15) is 22.1 Å². The second kappa shape index (κ2) is 6.84. The maximum Gasteiger partial charge on any atom is 0.411 e. The normalized spacial score (nSPS) is 21.2. The van der Waals surface area contributed by atoms with Gasteiger partial charge < -0.3 is 15.2 Å². The second-order valence-corrected chi connectivity index (χ2v) is 7.19. The van der Waals surface area contributed by atoms with Gasteiger partial charge in [-0.3, -0.25) is 9.69 Å². The number of aliphatic hydroxyl groups excluding tert-OH is 1. The highest BCUT2D eigenvalue weighted by atomic mass is 79.9. The molecule has 0 aliphatic carbocycles. The van der Waals surface area contributed by atoms with Gasteiger partial charge in [0.05, 0.1) is 12.6 Å². The topological polar surface area (TPSA) is 91.8 Å². The summed E-state index contributed by atoms with van der Waals surface area (Å²) < 4.78 is 5.88. The Morgan fingerprint density at radius 3 is 2.74 bits per heavy atom. The third kappa shape index (κ3) is 4.90. The Balaban J connectivity index is 2.09. The van der Waals surface area contributed by atoms with E-state index in [9.17, 15) is 14.7 Å². The zero-order valence-corrected chi connectivity index (χ0v) is 14.8.